The van der Waals surface area contributed by atoms with Crippen molar-refractivity contribution < 1.29 is 39.0 Å². The Morgan fingerprint density at radius 2 is 0.927 bits per heavy atom. The molecule has 3 rings (SSSR count). The molecular formula is C38H49N9O8. The molecular weight excluding hydrogens is 710 g/mol. The molecule has 0 saturated heterocycles. The van der Waals surface area contributed by atoms with Crippen molar-refractivity contribution in [2.75, 3.05) is 19.7 Å². The van der Waals surface area contributed by atoms with Crippen LogP contribution >= 0.6 is 0 Å². The number of aliphatic hydroxyl groups excluding tert-OH is 1. The zero-order valence-corrected chi connectivity index (χ0v) is 30.2. The summed E-state index contributed by atoms with van der Waals surface area (Å²) < 4.78 is 0. The molecule has 3 aromatic carbocycles. The van der Waals surface area contributed by atoms with Crippen molar-refractivity contribution in [3.05, 3.63) is 108 Å². The average molecular weight is 760 g/mol. The van der Waals surface area contributed by atoms with Gasteiger partial charge < -0.3 is 54.0 Å². The van der Waals surface area contributed by atoms with Gasteiger partial charge >= 0.3 is 5.97 Å². The lowest BCUT2D eigenvalue weighted by molar-refractivity contribution is -0.142. The lowest BCUT2D eigenvalue weighted by Crippen LogP contribution is -2.60. The maximum absolute atomic E-state index is 14.0. The highest BCUT2D eigenvalue weighted by Gasteiger charge is 2.32. The molecule has 0 spiro atoms. The first kappa shape index (κ1) is 43.1. The van der Waals surface area contributed by atoms with Crippen LogP contribution in [0.4, 0.5) is 0 Å². The van der Waals surface area contributed by atoms with Gasteiger partial charge in [0, 0.05) is 25.8 Å². The second-order valence-corrected chi connectivity index (χ2v) is 12.6. The molecule has 5 atom stereocenters. The van der Waals surface area contributed by atoms with E-state index in [1.165, 1.54) is 0 Å². The first-order valence-corrected chi connectivity index (χ1v) is 17.6. The van der Waals surface area contributed by atoms with E-state index in [-0.39, 0.29) is 44.6 Å². The standard InChI is InChI=1S/C38H49N9O8/c39-22-32(49)43-28(19-24-11-4-1-5-12-24)33(50)47-31(23-48)36(53)46-30(21-26-15-8-3-9-16-26)35(52)45-29(20-25-13-6-2-7-14-25)34(51)44-27(37(54)55)17-10-18-42-38(40)41/h1-9,11-16,27-31,48H,10,17-23,39H2,(H,43,49)(H,44,51)(H,45,52)(H,46,53)(H,47,50)(H,54,55)(H4,40,41,42)/t27-,28-,29-,30+,31-/m0/s1. The summed E-state index contributed by atoms with van der Waals surface area (Å²) in [5.74, 6) is -5.37. The number of carbonyl (C=O) groups excluding carboxylic acids is 5. The van der Waals surface area contributed by atoms with E-state index >= 15 is 0 Å². The second kappa shape index (κ2) is 22.7. The van der Waals surface area contributed by atoms with E-state index < -0.39 is 78.9 Å². The smallest absolute Gasteiger partial charge is 0.326 e. The van der Waals surface area contributed by atoms with Crippen LogP contribution in [0.5, 0.6) is 0 Å². The molecule has 17 heteroatoms. The number of carbonyl (C=O) groups is 6. The maximum atomic E-state index is 14.0. The summed E-state index contributed by atoms with van der Waals surface area (Å²) >= 11 is 0. The van der Waals surface area contributed by atoms with Gasteiger partial charge in [-0.25, -0.2) is 4.79 Å². The molecule has 0 unspecified atom stereocenters. The van der Waals surface area contributed by atoms with Gasteiger partial charge in [0.05, 0.1) is 13.2 Å². The third kappa shape index (κ3) is 15.3. The molecule has 294 valence electrons. The fourth-order valence-electron chi connectivity index (χ4n) is 5.47. The van der Waals surface area contributed by atoms with Gasteiger partial charge in [0.15, 0.2) is 5.96 Å². The number of nitrogens with two attached hydrogens (primary N) is 3. The number of rotatable bonds is 22. The highest BCUT2D eigenvalue weighted by molar-refractivity contribution is 5.96. The number of guanidine groups is 1. The van der Waals surface area contributed by atoms with Crippen molar-refractivity contribution in [2.24, 2.45) is 22.2 Å². The Morgan fingerprint density at radius 3 is 1.29 bits per heavy atom. The normalized spacial score (nSPS) is 13.4. The van der Waals surface area contributed by atoms with Crippen molar-refractivity contribution in [3.63, 3.8) is 0 Å². The van der Waals surface area contributed by atoms with Crippen molar-refractivity contribution in [1.82, 2.24) is 26.6 Å². The predicted octanol–water partition coefficient (Wildman–Crippen LogP) is -1.77. The van der Waals surface area contributed by atoms with Gasteiger partial charge in [-0.1, -0.05) is 91.0 Å². The van der Waals surface area contributed by atoms with Crippen molar-refractivity contribution in [2.45, 2.75) is 62.3 Å². The number of amides is 5. The number of aliphatic imine (C=N–C) groups is 1. The molecule has 0 heterocycles. The quantitative estimate of drug-likeness (QED) is 0.0311. The average Bonchev–Trinajstić information content (AvgIpc) is 3.17. The van der Waals surface area contributed by atoms with Crippen molar-refractivity contribution in [3.8, 4) is 0 Å². The number of aliphatic carboxylic acids is 1. The molecule has 0 fully saturated rings. The first-order chi connectivity index (χ1) is 26.4. The lowest BCUT2D eigenvalue weighted by atomic mass is 10.0. The molecule has 0 aliphatic heterocycles. The molecule has 0 aliphatic rings. The first-order valence-electron chi connectivity index (χ1n) is 17.6. The number of nitrogens with one attached hydrogen (secondary N) is 5. The molecule has 55 heavy (non-hydrogen) atoms. The van der Waals surface area contributed by atoms with Crippen LogP contribution < -0.4 is 43.8 Å². The van der Waals surface area contributed by atoms with E-state index in [0.29, 0.717) is 16.7 Å². The Kier molecular flexibility index (Phi) is 17.8. The summed E-state index contributed by atoms with van der Waals surface area (Å²) in [5.41, 5.74) is 18.1. The highest BCUT2D eigenvalue weighted by atomic mass is 16.4. The van der Waals surface area contributed by atoms with Crippen LogP contribution in [-0.2, 0) is 48.0 Å². The van der Waals surface area contributed by atoms with E-state index in [4.69, 9.17) is 17.2 Å². The maximum Gasteiger partial charge on any atom is 0.326 e. The van der Waals surface area contributed by atoms with Crippen molar-refractivity contribution >= 4 is 41.5 Å². The number of benzene rings is 3. The third-order valence-corrected chi connectivity index (χ3v) is 8.33. The summed E-state index contributed by atoms with van der Waals surface area (Å²) in [6, 6.07) is 19.5. The zero-order chi connectivity index (χ0) is 40.2. The Labute approximate surface area is 318 Å². The SMILES string of the molecule is NCC(=O)N[C@@H](Cc1ccccc1)C(=O)N[C@@H](CO)C(=O)N[C@H](Cc1ccccc1)C(=O)N[C@@H](Cc1ccccc1)C(=O)N[C@@H](CCCN=C(N)N)C(=O)O. The molecule has 0 radical (unpaired) electrons. The van der Waals surface area contributed by atoms with Crippen molar-refractivity contribution in [1.29, 1.82) is 0 Å². The van der Waals surface area contributed by atoms with Gasteiger partial charge in [-0.3, -0.25) is 29.0 Å². The minimum Gasteiger partial charge on any atom is -0.480 e. The summed E-state index contributed by atoms with van der Waals surface area (Å²) in [5, 5.41) is 32.7. The largest absolute Gasteiger partial charge is 0.480 e. The highest BCUT2D eigenvalue weighted by Crippen LogP contribution is 2.10. The van der Waals surface area contributed by atoms with Crippen LogP contribution in [0.3, 0.4) is 0 Å². The van der Waals surface area contributed by atoms with Crippen LogP contribution in [0, 0.1) is 0 Å². The topological polar surface area (TPSA) is 293 Å². The number of aliphatic hydroxyl groups is 1. The Bertz CT molecular complexity index is 1740. The fraction of sp³-hybridized carbons (Fsp3) is 0.342. The van der Waals surface area contributed by atoms with Gasteiger partial charge in [-0.2, -0.15) is 0 Å². The summed E-state index contributed by atoms with van der Waals surface area (Å²) in [4.78, 5) is 82.7. The lowest BCUT2D eigenvalue weighted by Gasteiger charge is -2.26. The minimum absolute atomic E-state index is 0.00702. The van der Waals surface area contributed by atoms with E-state index in [9.17, 15) is 39.0 Å². The Morgan fingerprint density at radius 1 is 0.564 bits per heavy atom. The number of hydrogen-bond acceptors (Lipinski definition) is 9. The van der Waals surface area contributed by atoms with E-state index in [0.717, 1.165) is 0 Å². The predicted molar refractivity (Wildman–Crippen MR) is 204 cm³/mol. The molecule has 13 N–H and O–H groups in total. The van der Waals surface area contributed by atoms with E-state index in [1.54, 1.807) is 91.0 Å². The summed E-state index contributed by atoms with van der Waals surface area (Å²) in [6.07, 6.45) is 0.201. The van der Waals surface area contributed by atoms with Crippen LogP contribution in [0.25, 0.3) is 0 Å². The molecule has 17 nitrogen and oxygen atoms in total. The molecule has 0 aromatic heterocycles. The molecule has 0 aliphatic carbocycles. The fourth-order valence-corrected chi connectivity index (χ4v) is 5.47. The third-order valence-electron chi connectivity index (χ3n) is 8.33. The van der Waals surface area contributed by atoms with Gasteiger partial charge in [0.1, 0.15) is 30.2 Å². The zero-order valence-electron chi connectivity index (χ0n) is 30.2. The molecule has 3 aromatic rings. The van der Waals surface area contributed by atoms with Gasteiger partial charge in [0.2, 0.25) is 29.5 Å². The Balaban J connectivity index is 1.84. The monoisotopic (exact) mass is 759 g/mol. The van der Waals surface area contributed by atoms with Crippen LogP contribution in [0.2, 0.25) is 0 Å². The second-order valence-electron chi connectivity index (χ2n) is 12.6. The van der Waals surface area contributed by atoms with Crippen LogP contribution in [-0.4, -0.2) is 102 Å². The van der Waals surface area contributed by atoms with Gasteiger partial charge in [-0.05, 0) is 29.5 Å². The van der Waals surface area contributed by atoms with Crippen LogP contribution in [0.1, 0.15) is 29.5 Å². The van der Waals surface area contributed by atoms with E-state index in [1.807, 2.05) is 0 Å². The Hall–Kier alpha value is -6.33. The number of carboxylic acids is 1. The number of carboxylic acid groups (broad SMARTS) is 1. The summed E-state index contributed by atoms with van der Waals surface area (Å²) in [7, 11) is 0. The van der Waals surface area contributed by atoms with E-state index in [2.05, 4.69) is 31.6 Å². The molecule has 0 bridgehead atoms. The molecule has 0 saturated carbocycles. The van der Waals surface area contributed by atoms with Gasteiger partial charge in [-0.15, -0.1) is 0 Å². The molecule has 5 amide bonds. The number of nitrogens with zero attached hydrogens (tertiary/aromatic N) is 1. The minimum atomic E-state index is -1.55. The number of hydrogen-bond donors (Lipinski definition) is 10. The van der Waals surface area contributed by atoms with Crippen LogP contribution in [0.15, 0.2) is 96.0 Å². The summed E-state index contributed by atoms with van der Waals surface area (Å²) in [6.45, 7) is -1.12. The van der Waals surface area contributed by atoms with Gasteiger partial charge in [0.25, 0.3) is 0 Å².